The van der Waals surface area contributed by atoms with Crippen LogP contribution in [0.4, 0.5) is 0 Å². The quantitative estimate of drug-likeness (QED) is 0.532. The molecule has 2 fully saturated rings. The summed E-state index contributed by atoms with van der Waals surface area (Å²) in [7, 11) is 0. The molecule has 7 nitrogen and oxygen atoms in total. The van der Waals surface area contributed by atoms with E-state index in [4.69, 9.17) is 14.2 Å². The molecule has 0 amide bonds. The van der Waals surface area contributed by atoms with Crippen molar-refractivity contribution in [3.8, 4) is 28.4 Å². The van der Waals surface area contributed by atoms with Gasteiger partial charge in [-0.1, -0.05) is 54.6 Å². The number of aromatic nitrogens is 3. The maximum Gasteiger partial charge on any atom is 0.295 e. The highest BCUT2D eigenvalue weighted by molar-refractivity contribution is 5.80. The van der Waals surface area contributed by atoms with E-state index in [1.165, 1.54) is 5.56 Å². The van der Waals surface area contributed by atoms with Crippen molar-refractivity contribution in [2.24, 2.45) is 0 Å². The lowest BCUT2D eigenvalue weighted by atomic mass is 10.0. The Balaban J connectivity index is 1.23. The van der Waals surface area contributed by atoms with E-state index in [1.54, 1.807) is 6.20 Å². The van der Waals surface area contributed by atoms with Crippen molar-refractivity contribution in [3.63, 3.8) is 0 Å². The maximum atomic E-state index is 9.88. The number of hydrogen-bond donors (Lipinski definition) is 2. The minimum absolute atomic E-state index is 0.270. The minimum Gasteiger partial charge on any atom is -0.456 e. The third-order valence-electron chi connectivity index (χ3n) is 5.88. The lowest BCUT2D eigenvalue weighted by molar-refractivity contribution is 0.00706. The molecule has 31 heavy (non-hydrogen) atoms. The molecule has 4 atom stereocenters. The molecule has 2 aliphatic rings. The third-order valence-corrected chi connectivity index (χ3v) is 5.88. The van der Waals surface area contributed by atoms with Crippen molar-refractivity contribution < 1.29 is 19.3 Å². The molecule has 156 valence electrons. The predicted molar refractivity (Wildman–Crippen MR) is 115 cm³/mol. The SMILES string of the molecule is OC1CO[C@@H]2C(Oc3nc4cc(-c5ccc(-c6ccccc6)cc5)ncc4[nH]3)CO[C@H]12. The Kier molecular flexibility index (Phi) is 4.45. The molecule has 7 heteroatoms. The van der Waals surface area contributed by atoms with Crippen molar-refractivity contribution in [1.29, 1.82) is 0 Å². The summed E-state index contributed by atoms with van der Waals surface area (Å²) in [5.74, 6) is 0. The average Bonchev–Trinajstić information content (AvgIpc) is 3.51. The van der Waals surface area contributed by atoms with Gasteiger partial charge in [-0.05, 0) is 17.2 Å². The Morgan fingerprint density at radius 2 is 1.65 bits per heavy atom. The average molecular weight is 415 g/mol. The first kappa shape index (κ1) is 18.5. The van der Waals surface area contributed by atoms with E-state index in [0.717, 1.165) is 27.9 Å². The number of hydrogen-bond acceptors (Lipinski definition) is 6. The van der Waals surface area contributed by atoms with Crippen LogP contribution in [0.25, 0.3) is 33.4 Å². The number of fused-ring (bicyclic) bond motifs is 2. The topological polar surface area (TPSA) is 89.5 Å². The third kappa shape index (κ3) is 3.37. The van der Waals surface area contributed by atoms with Gasteiger partial charge in [0.15, 0.2) is 6.10 Å². The second-order valence-electron chi connectivity index (χ2n) is 7.89. The van der Waals surface area contributed by atoms with E-state index >= 15 is 0 Å². The van der Waals surface area contributed by atoms with E-state index in [2.05, 4.69) is 51.4 Å². The normalized spacial score (nSPS) is 25.1. The molecule has 0 aliphatic carbocycles. The molecule has 0 spiro atoms. The number of benzene rings is 2. The summed E-state index contributed by atoms with van der Waals surface area (Å²) in [6.45, 7) is 0.631. The molecule has 6 rings (SSSR count). The zero-order valence-electron chi connectivity index (χ0n) is 16.6. The second-order valence-corrected chi connectivity index (χ2v) is 7.89. The molecule has 0 radical (unpaired) electrons. The van der Waals surface area contributed by atoms with Crippen LogP contribution in [-0.2, 0) is 9.47 Å². The van der Waals surface area contributed by atoms with Gasteiger partial charge in [-0.2, -0.15) is 4.98 Å². The van der Waals surface area contributed by atoms with Gasteiger partial charge in [0.05, 0.1) is 36.1 Å². The van der Waals surface area contributed by atoms with Crippen molar-refractivity contribution in [2.45, 2.75) is 24.4 Å². The number of pyridine rings is 1. The Morgan fingerprint density at radius 1 is 0.903 bits per heavy atom. The molecule has 2 aromatic heterocycles. The van der Waals surface area contributed by atoms with Gasteiger partial charge in [0.1, 0.15) is 18.3 Å². The highest BCUT2D eigenvalue weighted by Crippen LogP contribution is 2.30. The van der Waals surface area contributed by atoms with Crippen molar-refractivity contribution in [1.82, 2.24) is 15.0 Å². The number of ether oxygens (including phenoxy) is 3. The van der Waals surface area contributed by atoms with Gasteiger partial charge in [0, 0.05) is 5.56 Å². The fourth-order valence-electron chi connectivity index (χ4n) is 4.25. The summed E-state index contributed by atoms with van der Waals surface area (Å²) in [6.07, 6.45) is 0.246. The Bertz CT molecular complexity index is 1210. The first-order valence-corrected chi connectivity index (χ1v) is 10.3. The largest absolute Gasteiger partial charge is 0.456 e. The molecular formula is C24H21N3O4. The molecule has 0 bridgehead atoms. The summed E-state index contributed by atoms with van der Waals surface area (Å²) in [5.41, 5.74) is 5.78. The highest BCUT2D eigenvalue weighted by Gasteiger charge is 2.48. The molecule has 2 aliphatic heterocycles. The van der Waals surface area contributed by atoms with Crippen LogP contribution in [0.3, 0.4) is 0 Å². The predicted octanol–water partition coefficient (Wildman–Crippen LogP) is 3.20. The van der Waals surface area contributed by atoms with Crippen molar-refractivity contribution >= 4 is 11.0 Å². The van der Waals surface area contributed by atoms with Crippen LogP contribution in [0.2, 0.25) is 0 Å². The van der Waals surface area contributed by atoms with Gasteiger partial charge in [-0.15, -0.1) is 0 Å². The maximum absolute atomic E-state index is 9.88. The molecule has 2 aromatic carbocycles. The summed E-state index contributed by atoms with van der Waals surface area (Å²) in [6, 6.07) is 21.0. The number of nitrogens with one attached hydrogen (secondary N) is 1. The number of aliphatic hydroxyl groups is 1. The van der Waals surface area contributed by atoms with Crippen LogP contribution < -0.4 is 4.74 Å². The van der Waals surface area contributed by atoms with E-state index in [1.807, 2.05) is 24.3 Å². The van der Waals surface area contributed by atoms with Crippen LogP contribution in [0.15, 0.2) is 66.9 Å². The summed E-state index contributed by atoms with van der Waals surface area (Å²) in [5, 5.41) is 9.88. The number of aliphatic hydroxyl groups excluding tert-OH is 1. The fraction of sp³-hybridized carbons (Fsp3) is 0.250. The van der Waals surface area contributed by atoms with E-state index in [-0.39, 0.29) is 24.9 Å². The monoisotopic (exact) mass is 415 g/mol. The smallest absolute Gasteiger partial charge is 0.295 e. The number of imidazole rings is 1. The van der Waals surface area contributed by atoms with Crippen LogP contribution in [-0.4, -0.2) is 57.7 Å². The van der Waals surface area contributed by atoms with Crippen LogP contribution in [0.1, 0.15) is 0 Å². The van der Waals surface area contributed by atoms with Gasteiger partial charge in [0.2, 0.25) is 0 Å². The highest BCUT2D eigenvalue weighted by atomic mass is 16.6. The van der Waals surface area contributed by atoms with Gasteiger partial charge < -0.3 is 24.3 Å². The van der Waals surface area contributed by atoms with Gasteiger partial charge in [-0.3, -0.25) is 4.98 Å². The molecule has 4 heterocycles. The molecule has 2 saturated heterocycles. The lowest BCUT2D eigenvalue weighted by Gasteiger charge is -2.15. The number of H-pyrrole nitrogens is 1. The molecule has 4 aromatic rings. The minimum atomic E-state index is -0.602. The Labute approximate surface area is 178 Å². The molecule has 2 unspecified atom stereocenters. The van der Waals surface area contributed by atoms with Gasteiger partial charge in [0.25, 0.3) is 6.01 Å². The first-order chi connectivity index (χ1) is 15.2. The van der Waals surface area contributed by atoms with Crippen LogP contribution >= 0.6 is 0 Å². The molecule has 2 N–H and O–H groups in total. The van der Waals surface area contributed by atoms with E-state index < -0.39 is 6.10 Å². The van der Waals surface area contributed by atoms with E-state index in [9.17, 15) is 5.11 Å². The lowest BCUT2D eigenvalue weighted by Crippen LogP contribution is -2.34. The zero-order chi connectivity index (χ0) is 20.8. The van der Waals surface area contributed by atoms with Gasteiger partial charge >= 0.3 is 0 Å². The van der Waals surface area contributed by atoms with Crippen molar-refractivity contribution in [2.75, 3.05) is 13.2 Å². The number of nitrogens with zero attached hydrogens (tertiary/aromatic N) is 2. The van der Waals surface area contributed by atoms with Crippen LogP contribution in [0, 0.1) is 0 Å². The summed E-state index contributed by atoms with van der Waals surface area (Å²) >= 11 is 0. The Hall–Kier alpha value is -3.26. The standard InChI is InChI=1S/C24H21N3O4/c28-20-12-29-23-21(13-30-22(20)23)31-24-26-18-10-17(25-11-19(18)27-24)16-8-6-15(7-9-16)14-4-2-1-3-5-14/h1-11,20-23,28H,12-13H2,(H,26,27)/t20?,21?,22-,23-/m1/s1. The molecular weight excluding hydrogens is 394 g/mol. The van der Waals surface area contributed by atoms with E-state index in [0.29, 0.717) is 12.6 Å². The summed E-state index contributed by atoms with van der Waals surface area (Å²) < 4.78 is 17.2. The summed E-state index contributed by atoms with van der Waals surface area (Å²) in [4.78, 5) is 12.3. The van der Waals surface area contributed by atoms with Crippen LogP contribution in [0.5, 0.6) is 6.01 Å². The zero-order valence-corrected chi connectivity index (χ0v) is 16.6. The fourth-order valence-corrected chi connectivity index (χ4v) is 4.25. The number of aromatic amines is 1. The van der Waals surface area contributed by atoms with Gasteiger partial charge in [-0.25, -0.2) is 0 Å². The van der Waals surface area contributed by atoms with Crippen molar-refractivity contribution in [3.05, 3.63) is 66.9 Å². The Morgan fingerprint density at radius 3 is 2.48 bits per heavy atom. The molecule has 0 saturated carbocycles. The second kappa shape index (κ2) is 7.46. The first-order valence-electron chi connectivity index (χ1n) is 10.3. The number of rotatable bonds is 4.